The number of hydrogen-bond acceptors (Lipinski definition) is 3. The second-order valence-electron chi connectivity index (χ2n) is 5.02. The molecule has 0 spiro atoms. The van der Waals surface area contributed by atoms with E-state index >= 15 is 0 Å². The molecule has 2 rings (SSSR count). The number of nitriles is 1. The molecule has 0 radical (unpaired) electrons. The maximum Gasteiger partial charge on any atom is 0.114 e. The van der Waals surface area contributed by atoms with E-state index in [2.05, 4.69) is 6.07 Å². The van der Waals surface area contributed by atoms with Gasteiger partial charge in [0.15, 0.2) is 0 Å². The second-order valence-corrected chi connectivity index (χ2v) is 6.10. The second kappa shape index (κ2) is 4.38. The van der Waals surface area contributed by atoms with Gasteiger partial charge >= 0.3 is 0 Å². The van der Waals surface area contributed by atoms with E-state index < -0.39 is 11.0 Å². The predicted molar refractivity (Wildman–Crippen MR) is 75.4 cm³/mol. The molecule has 0 amide bonds. The smallest absolute Gasteiger partial charge is 0.114 e. The van der Waals surface area contributed by atoms with Gasteiger partial charge in [0.1, 0.15) is 5.60 Å². The van der Waals surface area contributed by atoms with Crippen LogP contribution in [0.3, 0.4) is 0 Å². The zero-order chi connectivity index (χ0) is 13.4. The lowest BCUT2D eigenvalue weighted by Gasteiger charge is -2.36. The highest BCUT2D eigenvalue weighted by Crippen LogP contribution is 2.45. The fraction of sp³-hybridized carbons (Fsp3) is 0.400. The standard InChI is InChI=1S/C15H17NOS/c1-4-14(2,10-16)15(3,17)13-9-11-7-5-6-8-12(11)18-13/h5-9,17H,4H2,1-3H3. The molecule has 0 aliphatic rings. The Morgan fingerprint density at radius 2 is 2.00 bits per heavy atom. The van der Waals surface area contributed by atoms with Crippen LogP contribution in [0.25, 0.3) is 10.1 Å². The molecule has 3 heteroatoms. The topological polar surface area (TPSA) is 44.0 Å². The van der Waals surface area contributed by atoms with Crippen molar-refractivity contribution in [2.24, 2.45) is 5.41 Å². The number of benzene rings is 1. The van der Waals surface area contributed by atoms with E-state index in [-0.39, 0.29) is 0 Å². The number of hydrogen-bond donors (Lipinski definition) is 1. The Balaban J connectivity index is 2.56. The molecular formula is C15H17NOS. The van der Waals surface area contributed by atoms with Gasteiger partial charge in [0.25, 0.3) is 0 Å². The van der Waals surface area contributed by atoms with Gasteiger partial charge in [-0.25, -0.2) is 0 Å². The number of rotatable bonds is 3. The molecule has 1 aromatic heterocycles. The molecule has 0 aliphatic heterocycles. The third kappa shape index (κ3) is 1.82. The Kier molecular flexibility index (Phi) is 3.18. The first-order valence-corrected chi connectivity index (χ1v) is 6.89. The van der Waals surface area contributed by atoms with E-state index in [4.69, 9.17) is 0 Å². The molecule has 2 aromatic rings. The number of fused-ring (bicyclic) bond motifs is 1. The maximum atomic E-state index is 10.8. The summed E-state index contributed by atoms with van der Waals surface area (Å²) in [6.07, 6.45) is 0.616. The van der Waals surface area contributed by atoms with Crippen LogP contribution in [0.1, 0.15) is 32.1 Å². The molecule has 1 heterocycles. The lowest BCUT2D eigenvalue weighted by Crippen LogP contribution is -2.39. The summed E-state index contributed by atoms with van der Waals surface area (Å²) in [6, 6.07) is 12.3. The highest BCUT2D eigenvalue weighted by atomic mass is 32.1. The molecule has 2 atom stereocenters. The molecule has 0 saturated heterocycles. The minimum Gasteiger partial charge on any atom is -0.383 e. The maximum absolute atomic E-state index is 10.8. The quantitative estimate of drug-likeness (QED) is 0.903. The first kappa shape index (κ1) is 13.1. The molecule has 0 aliphatic carbocycles. The van der Waals surface area contributed by atoms with Gasteiger partial charge < -0.3 is 5.11 Å². The largest absolute Gasteiger partial charge is 0.383 e. The fourth-order valence-corrected chi connectivity index (χ4v) is 3.26. The van der Waals surface area contributed by atoms with E-state index in [9.17, 15) is 10.4 Å². The van der Waals surface area contributed by atoms with Crippen molar-refractivity contribution in [3.05, 3.63) is 35.2 Å². The highest BCUT2D eigenvalue weighted by Gasteiger charge is 2.44. The molecule has 18 heavy (non-hydrogen) atoms. The lowest BCUT2D eigenvalue weighted by atomic mass is 9.72. The summed E-state index contributed by atoms with van der Waals surface area (Å²) >= 11 is 1.56. The van der Waals surface area contributed by atoms with Crippen LogP contribution >= 0.6 is 11.3 Å². The van der Waals surface area contributed by atoms with Crippen molar-refractivity contribution < 1.29 is 5.11 Å². The van der Waals surface area contributed by atoms with Gasteiger partial charge in [0.05, 0.1) is 11.5 Å². The third-order valence-electron chi connectivity index (χ3n) is 3.93. The molecule has 0 saturated carbocycles. The van der Waals surface area contributed by atoms with E-state index in [1.807, 2.05) is 44.2 Å². The van der Waals surface area contributed by atoms with Gasteiger partial charge in [-0.05, 0) is 37.8 Å². The van der Waals surface area contributed by atoms with E-state index in [1.165, 1.54) is 0 Å². The summed E-state index contributed by atoms with van der Waals surface area (Å²) < 4.78 is 1.14. The Bertz CT molecular complexity index is 575. The SMILES string of the molecule is CCC(C)(C#N)C(C)(O)c1cc2ccccc2s1. The van der Waals surface area contributed by atoms with E-state index in [1.54, 1.807) is 18.3 Å². The first-order chi connectivity index (χ1) is 8.44. The van der Waals surface area contributed by atoms with Crippen LogP contribution in [0.2, 0.25) is 0 Å². The first-order valence-electron chi connectivity index (χ1n) is 6.07. The third-order valence-corrected chi connectivity index (χ3v) is 5.26. The summed E-state index contributed by atoms with van der Waals surface area (Å²) in [5.41, 5.74) is -1.89. The summed E-state index contributed by atoms with van der Waals surface area (Å²) in [5.74, 6) is 0. The summed E-state index contributed by atoms with van der Waals surface area (Å²) in [7, 11) is 0. The number of thiophene rings is 1. The molecule has 0 fully saturated rings. The number of aliphatic hydroxyl groups is 1. The highest BCUT2D eigenvalue weighted by molar-refractivity contribution is 7.19. The summed E-state index contributed by atoms with van der Waals surface area (Å²) in [4.78, 5) is 0.856. The van der Waals surface area contributed by atoms with Crippen molar-refractivity contribution >= 4 is 21.4 Å². The van der Waals surface area contributed by atoms with Gasteiger partial charge in [-0.2, -0.15) is 5.26 Å². The minimum atomic E-state index is -1.12. The van der Waals surface area contributed by atoms with Crippen LogP contribution < -0.4 is 0 Å². The van der Waals surface area contributed by atoms with E-state index in [0.717, 1.165) is 15.0 Å². The molecule has 1 N–H and O–H groups in total. The summed E-state index contributed by atoms with van der Waals surface area (Å²) in [5, 5.41) is 21.3. The average Bonchev–Trinajstić information content (AvgIpc) is 2.82. The zero-order valence-corrected chi connectivity index (χ0v) is 11.7. The van der Waals surface area contributed by atoms with Crippen LogP contribution in [-0.4, -0.2) is 5.11 Å². The van der Waals surface area contributed by atoms with Crippen molar-refractivity contribution in [1.29, 1.82) is 5.26 Å². The molecule has 1 aromatic carbocycles. The Labute approximate surface area is 111 Å². The van der Waals surface area contributed by atoms with E-state index in [0.29, 0.717) is 6.42 Å². The van der Waals surface area contributed by atoms with Gasteiger partial charge in [-0.15, -0.1) is 11.3 Å². The number of nitrogens with zero attached hydrogens (tertiary/aromatic N) is 1. The van der Waals surface area contributed by atoms with Crippen molar-refractivity contribution in [2.45, 2.75) is 32.8 Å². The molecular weight excluding hydrogens is 242 g/mol. The van der Waals surface area contributed by atoms with Gasteiger partial charge in [-0.1, -0.05) is 25.1 Å². The Morgan fingerprint density at radius 3 is 2.56 bits per heavy atom. The zero-order valence-electron chi connectivity index (χ0n) is 10.9. The van der Waals surface area contributed by atoms with Crippen molar-refractivity contribution in [3.63, 3.8) is 0 Å². The van der Waals surface area contributed by atoms with Gasteiger partial charge in [-0.3, -0.25) is 0 Å². The Morgan fingerprint density at radius 1 is 1.33 bits per heavy atom. The average molecular weight is 259 g/mol. The molecule has 2 nitrogen and oxygen atoms in total. The Hall–Kier alpha value is -1.37. The van der Waals surface area contributed by atoms with Crippen LogP contribution in [-0.2, 0) is 5.60 Å². The van der Waals surface area contributed by atoms with Crippen LogP contribution in [0.15, 0.2) is 30.3 Å². The fourth-order valence-electron chi connectivity index (χ4n) is 2.03. The van der Waals surface area contributed by atoms with Gasteiger partial charge in [0, 0.05) is 9.58 Å². The normalized spacial score (nSPS) is 17.9. The predicted octanol–water partition coefficient (Wildman–Crippen LogP) is 4.05. The molecule has 0 bridgehead atoms. The van der Waals surface area contributed by atoms with Crippen molar-refractivity contribution in [3.8, 4) is 6.07 Å². The van der Waals surface area contributed by atoms with Crippen LogP contribution in [0.4, 0.5) is 0 Å². The summed E-state index contributed by atoms with van der Waals surface area (Å²) in [6.45, 7) is 5.49. The van der Waals surface area contributed by atoms with Crippen LogP contribution in [0.5, 0.6) is 0 Å². The molecule has 94 valence electrons. The van der Waals surface area contributed by atoms with Crippen molar-refractivity contribution in [2.75, 3.05) is 0 Å². The minimum absolute atomic E-state index is 0.616. The lowest BCUT2D eigenvalue weighted by molar-refractivity contribution is -0.0346. The molecule has 2 unspecified atom stereocenters. The monoisotopic (exact) mass is 259 g/mol. The van der Waals surface area contributed by atoms with Crippen LogP contribution in [0, 0.1) is 16.7 Å². The van der Waals surface area contributed by atoms with Gasteiger partial charge in [0.2, 0.25) is 0 Å². The van der Waals surface area contributed by atoms with Crippen molar-refractivity contribution in [1.82, 2.24) is 0 Å².